The van der Waals surface area contributed by atoms with Crippen LogP contribution in [0.5, 0.6) is 5.75 Å². The second-order valence-corrected chi connectivity index (χ2v) is 10.6. The van der Waals surface area contributed by atoms with Crippen LogP contribution in [0.4, 0.5) is 24.5 Å². The number of anilines is 2. The maximum atomic E-state index is 13.7. The first-order chi connectivity index (χ1) is 16.7. The van der Waals surface area contributed by atoms with Crippen LogP contribution in [-0.4, -0.2) is 28.0 Å². The predicted octanol–water partition coefficient (Wildman–Crippen LogP) is 6.82. The average Bonchev–Trinajstić information content (AvgIpc) is 2.79. The highest BCUT2D eigenvalue weighted by Crippen LogP contribution is 2.37. The van der Waals surface area contributed by atoms with Crippen LogP contribution >= 0.6 is 34.8 Å². The van der Waals surface area contributed by atoms with E-state index in [1.54, 1.807) is 13.0 Å². The molecule has 0 bridgehead atoms. The third-order valence-corrected chi connectivity index (χ3v) is 7.70. The van der Waals surface area contributed by atoms with E-state index in [4.69, 9.17) is 39.5 Å². The molecular weight excluding hydrogens is 564 g/mol. The number of sulfonamides is 1. The molecule has 3 aromatic carbocycles. The fraction of sp³-hybridized carbons (Fsp3) is 0.174. The number of alkyl halides is 3. The number of nitrogens with zero attached hydrogens (tertiary/aromatic N) is 1. The SMILES string of the molecule is COc1ccc(C)cc1S(=O)(=O)N(CC(=O)Nc1ccc(Cl)cc1C(F)(F)F)c1ccc(Cl)c(Cl)c1. The van der Waals surface area contributed by atoms with Crippen molar-refractivity contribution in [1.82, 2.24) is 0 Å². The van der Waals surface area contributed by atoms with Crippen molar-refractivity contribution >= 4 is 62.1 Å². The molecule has 0 spiro atoms. The minimum Gasteiger partial charge on any atom is -0.495 e. The predicted molar refractivity (Wildman–Crippen MR) is 134 cm³/mol. The number of hydrogen-bond donors (Lipinski definition) is 1. The molecule has 36 heavy (non-hydrogen) atoms. The number of nitrogens with one attached hydrogen (secondary N) is 1. The lowest BCUT2D eigenvalue weighted by Crippen LogP contribution is -2.38. The number of hydrogen-bond acceptors (Lipinski definition) is 4. The van der Waals surface area contributed by atoms with E-state index in [2.05, 4.69) is 5.32 Å². The third-order valence-electron chi connectivity index (χ3n) is 4.93. The molecule has 13 heteroatoms. The third kappa shape index (κ3) is 6.18. The first-order valence-corrected chi connectivity index (χ1v) is 12.6. The number of rotatable bonds is 7. The van der Waals surface area contributed by atoms with Gasteiger partial charge in [-0.2, -0.15) is 13.2 Å². The van der Waals surface area contributed by atoms with Gasteiger partial charge in [0.2, 0.25) is 5.91 Å². The number of methoxy groups -OCH3 is 1. The zero-order valence-electron chi connectivity index (χ0n) is 18.7. The molecule has 0 saturated carbocycles. The monoisotopic (exact) mass is 580 g/mol. The number of amides is 1. The molecule has 3 rings (SSSR count). The van der Waals surface area contributed by atoms with Crippen molar-refractivity contribution < 1.29 is 31.1 Å². The van der Waals surface area contributed by atoms with Gasteiger partial charge >= 0.3 is 6.18 Å². The van der Waals surface area contributed by atoms with E-state index < -0.39 is 39.9 Å². The molecule has 0 aliphatic carbocycles. The molecule has 1 amide bonds. The van der Waals surface area contributed by atoms with Crippen LogP contribution in [-0.2, 0) is 21.0 Å². The molecule has 6 nitrogen and oxygen atoms in total. The van der Waals surface area contributed by atoms with Gasteiger partial charge in [0.15, 0.2) is 0 Å². The van der Waals surface area contributed by atoms with Crippen LogP contribution in [0.15, 0.2) is 59.5 Å². The highest BCUT2D eigenvalue weighted by molar-refractivity contribution is 7.93. The Morgan fingerprint density at radius 1 is 1.00 bits per heavy atom. The summed E-state index contributed by atoms with van der Waals surface area (Å²) in [5, 5.41) is 2.07. The smallest absolute Gasteiger partial charge is 0.418 e. The molecule has 192 valence electrons. The molecule has 3 aromatic rings. The summed E-state index contributed by atoms with van der Waals surface area (Å²) >= 11 is 17.7. The fourth-order valence-corrected chi connectivity index (χ4v) is 5.36. The van der Waals surface area contributed by atoms with E-state index in [0.717, 1.165) is 12.1 Å². The van der Waals surface area contributed by atoms with Gasteiger partial charge in [-0.1, -0.05) is 40.9 Å². The molecule has 0 saturated heterocycles. The number of halogens is 6. The Kier molecular flexibility index (Phi) is 8.34. The Labute approximate surface area is 220 Å². The summed E-state index contributed by atoms with van der Waals surface area (Å²) < 4.78 is 73.7. The first kappa shape index (κ1) is 27.9. The number of carbonyl (C=O) groups is 1. The Bertz CT molecular complexity index is 1420. The quantitative estimate of drug-likeness (QED) is 0.332. The summed E-state index contributed by atoms with van der Waals surface area (Å²) in [6.07, 6.45) is -4.82. The molecule has 0 aliphatic rings. The molecule has 0 aromatic heterocycles. The van der Waals surface area contributed by atoms with E-state index >= 15 is 0 Å². The van der Waals surface area contributed by atoms with E-state index in [1.807, 2.05) is 0 Å². The first-order valence-electron chi connectivity index (χ1n) is 10.0. The van der Waals surface area contributed by atoms with Crippen molar-refractivity contribution in [2.24, 2.45) is 0 Å². The molecule has 0 atom stereocenters. The second kappa shape index (κ2) is 10.8. The van der Waals surface area contributed by atoms with Gasteiger partial charge < -0.3 is 10.1 Å². The molecule has 0 radical (unpaired) electrons. The van der Waals surface area contributed by atoms with E-state index in [-0.39, 0.29) is 31.4 Å². The number of ether oxygens (including phenoxy) is 1. The maximum absolute atomic E-state index is 13.7. The van der Waals surface area contributed by atoms with Crippen LogP contribution in [0.3, 0.4) is 0 Å². The summed E-state index contributed by atoms with van der Waals surface area (Å²) in [6, 6.07) is 11.1. The van der Waals surface area contributed by atoms with Crippen LogP contribution in [0, 0.1) is 6.92 Å². The Morgan fingerprint density at radius 3 is 2.31 bits per heavy atom. The van der Waals surface area contributed by atoms with Crippen LogP contribution < -0.4 is 14.4 Å². The number of benzene rings is 3. The van der Waals surface area contributed by atoms with Gasteiger partial charge in [-0.3, -0.25) is 9.10 Å². The van der Waals surface area contributed by atoms with Gasteiger partial charge in [-0.15, -0.1) is 0 Å². The van der Waals surface area contributed by atoms with Gasteiger partial charge in [0.1, 0.15) is 17.2 Å². The molecular formula is C23H18Cl3F3N2O4S. The standard InChI is InChI=1S/C23H18Cl3F3N2O4S/c1-13-3-8-20(35-2)21(9-13)36(33,34)31(15-5-6-17(25)18(26)11-15)12-22(32)30-19-7-4-14(24)10-16(19)23(27,28)29/h3-11H,12H2,1-2H3,(H,30,32). The van der Waals surface area contributed by atoms with E-state index in [1.165, 1.54) is 37.4 Å². The van der Waals surface area contributed by atoms with Gasteiger partial charge in [-0.25, -0.2) is 8.42 Å². The van der Waals surface area contributed by atoms with Crippen molar-refractivity contribution in [3.05, 3.63) is 80.8 Å². The van der Waals surface area contributed by atoms with Gasteiger partial charge in [0, 0.05) is 5.02 Å². The summed E-state index contributed by atoms with van der Waals surface area (Å²) in [4.78, 5) is 12.6. The maximum Gasteiger partial charge on any atom is 0.418 e. The van der Waals surface area contributed by atoms with Crippen molar-refractivity contribution in [3.63, 3.8) is 0 Å². The lowest BCUT2D eigenvalue weighted by Gasteiger charge is -2.26. The van der Waals surface area contributed by atoms with Crippen molar-refractivity contribution in [2.75, 3.05) is 23.3 Å². The Hall–Kier alpha value is -2.66. The summed E-state index contributed by atoms with van der Waals surface area (Å²) in [5.74, 6) is -1.05. The van der Waals surface area contributed by atoms with E-state index in [9.17, 15) is 26.4 Å². The lowest BCUT2D eigenvalue weighted by atomic mass is 10.1. The highest BCUT2D eigenvalue weighted by Gasteiger charge is 2.35. The van der Waals surface area contributed by atoms with Crippen molar-refractivity contribution in [1.29, 1.82) is 0 Å². The van der Waals surface area contributed by atoms with Gasteiger partial charge in [0.25, 0.3) is 10.0 Å². The molecule has 0 aliphatic heterocycles. The zero-order valence-corrected chi connectivity index (χ0v) is 21.7. The summed E-state index contributed by atoms with van der Waals surface area (Å²) in [7, 11) is -3.20. The highest BCUT2D eigenvalue weighted by atomic mass is 35.5. The summed E-state index contributed by atoms with van der Waals surface area (Å²) in [6.45, 7) is 0.769. The number of aryl methyl sites for hydroxylation is 1. The van der Waals surface area contributed by atoms with Crippen molar-refractivity contribution in [2.45, 2.75) is 18.0 Å². The molecule has 0 heterocycles. The Balaban J connectivity index is 2.07. The topological polar surface area (TPSA) is 75.7 Å². The zero-order chi connectivity index (χ0) is 26.8. The molecule has 0 unspecified atom stereocenters. The average molecular weight is 582 g/mol. The van der Waals surface area contributed by atoms with Crippen molar-refractivity contribution in [3.8, 4) is 5.75 Å². The number of carbonyl (C=O) groups excluding carboxylic acids is 1. The fourth-order valence-electron chi connectivity index (χ4n) is 3.24. The van der Waals surface area contributed by atoms with E-state index in [0.29, 0.717) is 15.9 Å². The van der Waals surface area contributed by atoms with Gasteiger partial charge in [0.05, 0.1) is 34.1 Å². The molecule has 1 N–H and O–H groups in total. The largest absolute Gasteiger partial charge is 0.495 e. The molecule has 0 fully saturated rings. The van der Waals surface area contributed by atoms with Gasteiger partial charge in [-0.05, 0) is 61.0 Å². The minimum atomic E-state index is -4.82. The lowest BCUT2D eigenvalue weighted by molar-refractivity contribution is -0.137. The minimum absolute atomic E-state index is 0.00282. The van der Waals surface area contributed by atoms with Crippen LogP contribution in [0.25, 0.3) is 0 Å². The Morgan fingerprint density at radius 2 is 1.69 bits per heavy atom. The van der Waals surface area contributed by atoms with Crippen LogP contribution in [0.1, 0.15) is 11.1 Å². The summed E-state index contributed by atoms with van der Waals surface area (Å²) in [5.41, 5.74) is -1.23. The second-order valence-electron chi connectivity index (χ2n) is 7.50. The normalized spacial score (nSPS) is 11.8. The van der Waals surface area contributed by atoms with Crippen LogP contribution in [0.2, 0.25) is 15.1 Å².